The second kappa shape index (κ2) is 26.0. The SMILES string of the molecule is CCCCCCCCCCCCCCCCC[CH2][Al+2].[Cl-].[Cl-]. The van der Waals surface area contributed by atoms with E-state index in [1.165, 1.54) is 108 Å². The predicted octanol–water partition coefficient (Wildman–Crippen LogP) is 0.843. The molecule has 0 aromatic carbocycles. The molecule has 0 saturated carbocycles. The Bertz CT molecular complexity index is 138. The molecule has 0 bridgehead atoms. The van der Waals surface area contributed by atoms with Crippen molar-refractivity contribution >= 4 is 16.3 Å². The van der Waals surface area contributed by atoms with Crippen molar-refractivity contribution in [1.82, 2.24) is 0 Å². The predicted molar refractivity (Wildman–Crippen MR) is 90.1 cm³/mol. The number of hydrogen-bond donors (Lipinski definition) is 0. The minimum Gasteiger partial charge on any atom is -1.00 e. The van der Waals surface area contributed by atoms with Gasteiger partial charge in [-0.05, 0) is 0 Å². The molecule has 0 N–H and O–H groups in total. The average Bonchev–Trinajstić information content (AvgIpc) is 2.43. The van der Waals surface area contributed by atoms with Crippen LogP contribution in [0.4, 0.5) is 0 Å². The van der Waals surface area contributed by atoms with Crippen LogP contribution in [-0.2, 0) is 0 Å². The summed E-state index contributed by atoms with van der Waals surface area (Å²) >= 11 is 2.83. The van der Waals surface area contributed by atoms with Gasteiger partial charge in [0, 0.05) is 0 Å². The van der Waals surface area contributed by atoms with Crippen molar-refractivity contribution in [3.63, 3.8) is 0 Å². The second-order valence-corrected chi connectivity index (χ2v) is 6.67. The Morgan fingerprint density at radius 3 is 0.905 bits per heavy atom. The van der Waals surface area contributed by atoms with Gasteiger partial charge in [-0.1, -0.05) is 39.0 Å². The van der Waals surface area contributed by atoms with Crippen molar-refractivity contribution in [2.75, 3.05) is 0 Å². The topological polar surface area (TPSA) is 0 Å². The summed E-state index contributed by atoms with van der Waals surface area (Å²) < 4.78 is 0. The minimum atomic E-state index is 0. The summed E-state index contributed by atoms with van der Waals surface area (Å²) in [5.41, 5.74) is 0. The average molecular weight is 351 g/mol. The van der Waals surface area contributed by atoms with E-state index in [1.807, 2.05) is 0 Å². The Kier molecular flexibility index (Phi) is 33.4. The van der Waals surface area contributed by atoms with Gasteiger partial charge in [-0.2, -0.15) is 0 Å². The number of rotatable bonds is 16. The van der Waals surface area contributed by atoms with Gasteiger partial charge in [0.2, 0.25) is 0 Å². The molecule has 0 unspecified atom stereocenters. The molecule has 0 fully saturated rings. The van der Waals surface area contributed by atoms with E-state index in [9.17, 15) is 0 Å². The van der Waals surface area contributed by atoms with Crippen molar-refractivity contribution in [3.05, 3.63) is 0 Å². The van der Waals surface area contributed by atoms with Gasteiger partial charge in [0.05, 0.1) is 0 Å². The Hall–Kier alpha value is 1.11. The van der Waals surface area contributed by atoms with Crippen LogP contribution in [0.15, 0.2) is 0 Å². The molecule has 0 aliphatic heterocycles. The zero-order chi connectivity index (χ0) is 14.0. The number of halogens is 2. The van der Waals surface area contributed by atoms with Gasteiger partial charge < -0.3 is 24.8 Å². The van der Waals surface area contributed by atoms with E-state index in [4.69, 9.17) is 0 Å². The van der Waals surface area contributed by atoms with E-state index in [1.54, 1.807) is 0 Å². The first-order valence-electron chi connectivity index (χ1n) is 9.12. The summed E-state index contributed by atoms with van der Waals surface area (Å²) in [5, 5.41) is 1.29. The third kappa shape index (κ3) is 26.3. The standard InChI is InChI=1S/C18H37.Al.2ClH/c1-3-5-7-9-11-13-15-17-18-16-14-12-10-8-6-4-2;;;/h1,3-18H2,2H3;;2*1H/q;+2;;/p-2. The van der Waals surface area contributed by atoms with Crippen LogP contribution in [0.1, 0.15) is 110 Å². The molecule has 0 aliphatic rings. The van der Waals surface area contributed by atoms with Crippen LogP contribution in [0.5, 0.6) is 0 Å². The quantitative estimate of drug-likeness (QED) is 0.286. The molecule has 0 aromatic heterocycles. The molecule has 21 heavy (non-hydrogen) atoms. The number of unbranched alkanes of at least 4 members (excludes halogenated alkanes) is 15. The van der Waals surface area contributed by atoms with Crippen molar-refractivity contribution in [1.29, 1.82) is 0 Å². The van der Waals surface area contributed by atoms with E-state index >= 15 is 0 Å². The molecular weight excluding hydrogens is 314 g/mol. The monoisotopic (exact) mass is 350 g/mol. The van der Waals surface area contributed by atoms with Gasteiger partial charge in [-0.3, -0.25) is 0 Å². The second-order valence-electron chi connectivity index (χ2n) is 6.09. The molecule has 3 heteroatoms. The smallest absolute Gasteiger partial charge is 1.00 e. The number of hydrogen-bond acceptors (Lipinski definition) is 0. The molecule has 0 radical (unpaired) electrons. The van der Waals surface area contributed by atoms with Crippen LogP contribution in [-0.4, -0.2) is 16.3 Å². The van der Waals surface area contributed by atoms with Crippen molar-refractivity contribution in [2.45, 2.75) is 115 Å². The van der Waals surface area contributed by atoms with Gasteiger partial charge >= 0.3 is 92.2 Å². The van der Waals surface area contributed by atoms with E-state index in [2.05, 4.69) is 23.2 Å². The molecule has 126 valence electrons. The van der Waals surface area contributed by atoms with Crippen LogP contribution in [0, 0.1) is 0 Å². The maximum absolute atomic E-state index is 2.83. The fourth-order valence-corrected chi connectivity index (χ4v) is 2.98. The Labute approximate surface area is 155 Å². The van der Waals surface area contributed by atoms with Gasteiger partial charge in [0.25, 0.3) is 0 Å². The third-order valence-electron chi connectivity index (χ3n) is 4.06. The molecule has 0 aromatic rings. The summed E-state index contributed by atoms with van der Waals surface area (Å²) in [7, 11) is 0. The zero-order valence-electron chi connectivity index (χ0n) is 14.4. The van der Waals surface area contributed by atoms with Crippen molar-refractivity contribution < 1.29 is 24.8 Å². The molecule has 0 nitrogen and oxygen atoms in total. The van der Waals surface area contributed by atoms with Gasteiger partial charge in [-0.15, -0.1) is 0 Å². The first-order valence-corrected chi connectivity index (χ1v) is 9.93. The molecule has 0 amide bonds. The first kappa shape index (κ1) is 27.0. The van der Waals surface area contributed by atoms with E-state index < -0.39 is 0 Å². The molecule has 0 aliphatic carbocycles. The maximum atomic E-state index is 2.83. The van der Waals surface area contributed by atoms with Gasteiger partial charge in [-0.25, -0.2) is 0 Å². The summed E-state index contributed by atoms with van der Waals surface area (Å²) in [6, 6.07) is 0. The Morgan fingerprint density at radius 2 is 0.667 bits per heavy atom. The largest absolute Gasteiger partial charge is 1.00 e. The van der Waals surface area contributed by atoms with Crippen LogP contribution >= 0.6 is 0 Å². The summed E-state index contributed by atoms with van der Waals surface area (Å²) in [5.74, 6) is 0. The maximum Gasteiger partial charge on any atom is -1.00 e. The fraction of sp³-hybridized carbons (Fsp3) is 1.00. The first-order chi connectivity index (χ1) is 9.41. The summed E-state index contributed by atoms with van der Waals surface area (Å²) in [6.07, 6.45) is 23.4. The Balaban J connectivity index is -0.00000162. The third-order valence-corrected chi connectivity index (χ3v) is 4.47. The molecule has 0 spiro atoms. The normalized spacial score (nSPS) is 10.0. The summed E-state index contributed by atoms with van der Waals surface area (Å²) in [6.45, 7) is 2.29. The van der Waals surface area contributed by atoms with E-state index in [0.717, 1.165) is 0 Å². The molecular formula is C18H37AlCl2. The zero-order valence-corrected chi connectivity index (χ0v) is 17.0. The van der Waals surface area contributed by atoms with Crippen LogP contribution < -0.4 is 24.8 Å². The summed E-state index contributed by atoms with van der Waals surface area (Å²) in [4.78, 5) is 0. The molecule has 0 heterocycles. The molecule has 0 saturated heterocycles. The van der Waals surface area contributed by atoms with Crippen LogP contribution in [0.3, 0.4) is 0 Å². The molecule has 0 rings (SSSR count). The van der Waals surface area contributed by atoms with E-state index in [-0.39, 0.29) is 24.8 Å². The fourth-order valence-electron chi connectivity index (χ4n) is 2.69. The van der Waals surface area contributed by atoms with Crippen LogP contribution in [0.2, 0.25) is 5.28 Å². The minimum absolute atomic E-state index is 0. The molecule has 0 atom stereocenters. The van der Waals surface area contributed by atoms with Crippen molar-refractivity contribution in [2.24, 2.45) is 0 Å². The van der Waals surface area contributed by atoms with Gasteiger partial charge in [0.15, 0.2) is 0 Å². The van der Waals surface area contributed by atoms with Gasteiger partial charge in [0.1, 0.15) is 0 Å². The van der Waals surface area contributed by atoms with E-state index in [0.29, 0.717) is 0 Å². The van der Waals surface area contributed by atoms with Crippen LogP contribution in [0.25, 0.3) is 0 Å². The van der Waals surface area contributed by atoms with Crippen molar-refractivity contribution in [3.8, 4) is 0 Å². The Morgan fingerprint density at radius 1 is 0.429 bits per heavy atom.